The number of benzene rings is 1. The number of thiazole rings is 1. The van der Waals surface area contributed by atoms with Gasteiger partial charge in [0.15, 0.2) is 5.96 Å². The van der Waals surface area contributed by atoms with Gasteiger partial charge in [-0.1, -0.05) is 43.6 Å². The zero-order valence-corrected chi connectivity index (χ0v) is 15.3. The molecule has 1 heterocycles. The predicted molar refractivity (Wildman–Crippen MR) is 99.6 cm³/mol. The second kappa shape index (κ2) is 8.89. The number of rotatable bonds is 6. The first-order valence-electron chi connectivity index (χ1n) is 7.72. The standard InChI is InChI=1S/C17H23ClN4S/c1-12(2)16-22-14(11-23-16)8-9-20-17(19-3)21-10-13-6-4-5-7-15(13)18/h4-7,11-12H,8-10H2,1-3H3,(H2,19,20,21). The summed E-state index contributed by atoms with van der Waals surface area (Å²) >= 11 is 7.89. The number of aliphatic imine (C=N–C) groups is 1. The molecule has 124 valence electrons. The number of hydrogen-bond acceptors (Lipinski definition) is 3. The lowest BCUT2D eigenvalue weighted by Crippen LogP contribution is -2.37. The molecule has 0 atom stereocenters. The Bertz CT molecular complexity index is 652. The zero-order chi connectivity index (χ0) is 16.7. The average molecular weight is 351 g/mol. The van der Waals surface area contributed by atoms with E-state index in [-0.39, 0.29) is 0 Å². The summed E-state index contributed by atoms with van der Waals surface area (Å²) in [6, 6.07) is 7.81. The predicted octanol–water partition coefficient (Wildman–Crippen LogP) is 3.83. The number of aromatic nitrogens is 1. The van der Waals surface area contributed by atoms with E-state index in [0.717, 1.165) is 35.2 Å². The Morgan fingerprint density at radius 2 is 2.09 bits per heavy atom. The SMILES string of the molecule is CN=C(NCCc1csc(C(C)C)n1)NCc1ccccc1Cl. The monoisotopic (exact) mass is 350 g/mol. The fourth-order valence-electron chi connectivity index (χ4n) is 2.05. The van der Waals surface area contributed by atoms with E-state index in [1.54, 1.807) is 18.4 Å². The first-order valence-corrected chi connectivity index (χ1v) is 8.98. The van der Waals surface area contributed by atoms with Crippen LogP contribution in [-0.2, 0) is 13.0 Å². The maximum Gasteiger partial charge on any atom is 0.191 e. The molecule has 0 aliphatic rings. The molecule has 2 N–H and O–H groups in total. The highest BCUT2D eigenvalue weighted by atomic mass is 35.5. The van der Waals surface area contributed by atoms with Crippen LogP contribution in [0.4, 0.5) is 0 Å². The molecule has 0 amide bonds. The van der Waals surface area contributed by atoms with Gasteiger partial charge < -0.3 is 10.6 Å². The van der Waals surface area contributed by atoms with Gasteiger partial charge >= 0.3 is 0 Å². The van der Waals surface area contributed by atoms with Crippen molar-refractivity contribution < 1.29 is 0 Å². The van der Waals surface area contributed by atoms with Crippen LogP contribution in [0.25, 0.3) is 0 Å². The third kappa shape index (κ3) is 5.52. The normalized spacial score (nSPS) is 11.8. The van der Waals surface area contributed by atoms with Crippen molar-refractivity contribution in [2.24, 2.45) is 4.99 Å². The van der Waals surface area contributed by atoms with Gasteiger partial charge in [0.2, 0.25) is 0 Å². The van der Waals surface area contributed by atoms with Gasteiger partial charge in [0.1, 0.15) is 0 Å². The van der Waals surface area contributed by atoms with E-state index in [9.17, 15) is 0 Å². The molecule has 0 bridgehead atoms. The van der Waals surface area contributed by atoms with Crippen LogP contribution < -0.4 is 10.6 Å². The Balaban J connectivity index is 1.78. The molecular weight excluding hydrogens is 328 g/mol. The third-order valence-electron chi connectivity index (χ3n) is 3.36. The number of hydrogen-bond donors (Lipinski definition) is 2. The van der Waals surface area contributed by atoms with Crippen molar-refractivity contribution in [2.45, 2.75) is 32.7 Å². The second-order valence-corrected chi connectivity index (χ2v) is 6.82. The van der Waals surface area contributed by atoms with Crippen molar-refractivity contribution in [3.63, 3.8) is 0 Å². The van der Waals surface area contributed by atoms with E-state index in [1.807, 2.05) is 24.3 Å². The van der Waals surface area contributed by atoms with E-state index in [0.29, 0.717) is 12.5 Å². The van der Waals surface area contributed by atoms with Crippen LogP contribution in [0.5, 0.6) is 0 Å². The molecule has 1 aromatic carbocycles. The van der Waals surface area contributed by atoms with Crippen LogP contribution in [0.1, 0.15) is 36.0 Å². The highest BCUT2D eigenvalue weighted by Gasteiger charge is 2.06. The van der Waals surface area contributed by atoms with Crippen LogP contribution in [0.2, 0.25) is 5.02 Å². The Hall–Kier alpha value is -1.59. The van der Waals surface area contributed by atoms with Gasteiger partial charge in [-0.15, -0.1) is 11.3 Å². The van der Waals surface area contributed by atoms with E-state index in [1.165, 1.54) is 5.01 Å². The molecule has 0 spiro atoms. The molecule has 2 aromatic rings. The molecule has 0 aliphatic carbocycles. The second-order valence-electron chi connectivity index (χ2n) is 5.53. The van der Waals surface area contributed by atoms with Gasteiger partial charge in [-0.2, -0.15) is 0 Å². The number of nitrogens with one attached hydrogen (secondary N) is 2. The number of guanidine groups is 1. The molecule has 0 saturated heterocycles. The van der Waals surface area contributed by atoms with Crippen molar-refractivity contribution in [3.05, 3.63) is 50.9 Å². The van der Waals surface area contributed by atoms with Gasteiger partial charge in [0.05, 0.1) is 10.7 Å². The summed E-state index contributed by atoms with van der Waals surface area (Å²) in [6.07, 6.45) is 0.885. The lowest BCUT2D eigenvalue weighted by Gasteiger charge is -2.12. The maximum atomic E-state index is 6.16. The van der Waals surface area contributed by atoms with Crippen LogP contribution >= 0.6 is 22.9 Å². The molecule has 4 nitrogen and oxygen atoms in total. The third-order valence-corrected chi connectivity index (χ3v) is 4.93. The minimum atomic E-state index is 0.492. The fourth-order valence-corrected chi connectivity index (χ4v) is 3.12. The highest BCUT2D eigenvalue weighted by Crippen LogP contribution is 2.19. The Morgan fingerprint density at radius 3 is 2.74 bits per heavy atom. The lowest BCUT2D eigenvalue weighted by molar-refractivity contribution is 0.777. The summed E-state index contributed by atoms with van der Waals surface area (Å²) in [4.78, 5) is 8.87. The van der Waals surface area contributed by atoms with Crippen molar-refractivity contribution >= 4 is 28.9 Å². The van der Waals surface area contributed by atoms with Crippen molar-refractivity contribution in [2.75, 3.05) is 13.6 Å². The largest absolute Gasteiger partial charge is 0.356 e. The van der Waals surface area contributed by atoms with Crippen LogP contribution in [-0.4, -0.2) is 24.5 Å². The summed E-state index contributed by atoms with van der Waals surface area (Å²) in [5.74, 6) is 1.26. The first-order chi connectivity index (χ1) is 11.1. The number of halogens is 1. The van der Waals surface area contributed by atoms with Gasteiger partial charge in [-0.3, -0.25) is 4.99 Å². The quantitative estimate of drug-likeness (QED) is 0.615. The maximum absolute atomic E-state index is 6.16. The molecular formula is C17H23ClN4S. The van der Waals surface area contributed by atoms with Crippen LogP contribution in [0.15, 0.2) is 34.6 Å². The van der Waals surface area contributed by atoms with E-state index in [4.69, 9.17) is 11.6 Å². The Morgan fingerprint density at radius 1 is 1.30 bits per heavy atom. The first kappa shape index (κ1) is 17.8. The summed E-state index contributed by atoms with van der Waals surface area (Å²) in [7, 11) is 1.77. The highest BCUT2D eigenvalue weighted by molar-refractivity contribution is 7.09. The summed E-state index contributed by atoms with van der Waals surface area (Å²) < 4.78 is 0. The van der Waals surface area contributed by atoms with Gasteiger partial charge in [0.25, 0.3) is 0 Å². The molecule has 23 heavy (non-hydrogen) atoms. The van der Waals surface area contributed by atoms with Gasteiger partial charge in [0, 0.05) is 42.9 Å². The minimum Gasteiger partial charge on any atom is -0.356 e. The van der Waals surface area contributed by atoms with Crippen molar-refractivity contribution in [1.29, 1.82) is 0 Å². The lowest BCUT2D eigenvalue weighted by atomic mass is 10.2. The fraction of sp³-hybridized carbons (Fsp3) is 0.412. The molecule has 1 aromatic heterocycles. The molecule has 0 aliphatic heterocycles. The minimum absolute atomic E-state index is 0.492. The molecule has 0 saturated carbocycles. The molecule has 0 radical (unpaired) electrons. The Labute approximate surface area is 147 Å². The van der Waals surface area contributed by atoms with Gasteiger partial charge in [-0.25, -0.2) is 4.98 Å². The van der Waals surface area contributed by atoms with Crippen molar-refractivity contribution in [3.8, 4) is 0 Å². The average Bonchev–Trinajstić information content (AvgIpc) is 3.01. The molecule has 0 unspecified atom stereocenters. The van der Waals surface area contributed by atoms with E-state index >= 15 is 0 Å². The van der Waals surface area contributed by atoms with Gasteiger partial charge in [-0.05, 0) is 11.6 Å². The smallest absolute Gasteiger partial charge is 0.191 e. The van der Waals surface area contributed by atoms with Crippen molar-refractivity contribution in [1.82, 2.24) is 15.6 Å². The number of nitrogens with zero attached hydrogens (tertiary/aromatic N) is 2. The summed E-state index contributed by atoms with van der Waals surface area (Å²) in [5, 5.41) is 10.7. The van der Waals surface area contributed by atoms with Crippen LogP contribution in [0, 0.1) is 0 Å². The van der Waals surface area contributed by atoms with E-state index in [2.05, 4.69) is 39.8 Å². The molecule has 6 heteroatoms. The van der Waals surface area contributed by atoms with E-state index < -0.39 is 0 Å². The topological polar surface area (TPSA) is 49.3 Å². The van der Waals surface area contributed by atoms with Crippen LogP contribution in [0.3, 0.4) is 0 Å². The summed E-state index contributed by atoms with van der Waals surface area (Å²) in [5.41, 5.74) is 2.19. The molecule has 2 rings (SSSR count). The summed E-state index contributed by atoms with van der Waals surface area (Å²) in [6.45, 7) is 5.78. The molecule has 0 fully saturated rings. The zero-order valence-electron chi connectivity index (χ0n) is 13.8. The Kier molecular flexibility index (Phi) is 6.86.